The molecule has 1 amide bonds. The van der Waals surface area contributed by atoms with Crippen molar-refractivity contribution in [3.05, 3.63) is 23.7 Å². The number of hydrogen-bond acceptors (Lipinski definition) is 2. The van der Waals surface area contributed by atoms with Gasteiger partial charge in [-0.05, 0) is 31.2 Å². The summed E-state index contributed by atoms with van der Waals surface area (Å²) in [5.41, 5.74) is 0.663. The molecule has 1 aliphatic carbocycles. The predicted molar refractivity (Wildman–Crippen MR) is 72.0 cm³/mol. The van der Waals surface area contributed by atoms with Crippen LogP contribution >= 0.6 is 11.6 Å². The first kappa shape index (κ1) is 13.5. The zero-order chi connectivity index (χ0) is 13.0. The molecule has 0 bridgehead atoms. The standard InChI is InChI=1S/C14H20ClNO2/c1-2-13-12(6-7-18-13)14(17)16-9-10-4-3-5-11(15)8-10/h6-7,10-11H,2-5,8-9H2,1H3,(H,16,17). The lowest BCUT2D eigenvalue weighted by molar-refractivity contribution is 0.0941. The summed E-state index contributed by atoms with van der Waals surface area (Å²) in [7, 11) is 0. The van der Waals surface area contributed by atoms with E-state index in [9.17, 15) is 4.79 Å². The molecule has 1 aromatic rings. The van der Waals surface area contributed by atoms with Crippen molar-refractivity contribution in [1.29, 1.82) is 0 Å². The number of rotatable bonds is 4. The number of carbonyl (C=O) groups is 1. The summed E-state index contributed by atoms with van der Waals surface area (Å²) in [6.45, 7) is 2.70. The summed E-state index contributed by atoms with van der Waals surface area (Å²) < 4.78 is 5.26. The number of alkyl halides is 1. The summed E-state index contributed by atoms with van der Waals surface area (Å²) in [6.07, 6.45) is 6.75. The van der Waals surface area contributed by atoms with E-state index < -0.39 is 0 Å². The zero-order valence-electron chi connectivity index (χ0n) is 10.7. The van der Waals surface area contributed by atoms with Gasteiger partial charge in [0.1, 0.15) is 5.76 Å². The number of aryl methyl sites for hydroxylation is 1. The first-order valence-electron chi connectivity index (χ1n) is 6.69. The third-order valence-corrected chi connectivity index (χ3v) is 3.98. The van der Waals surface area contributed by atoms with Crippen LogP contribution in [0.4, 0.5) is 0 Å². The van der Waals surface area contributed by atoms with E-state index in [4.69, 9.17) is 16.0 Å². The minimum absolute atomic E-state index is 0.0303. The molecule has 0 aliphatic heterocycles. The van der Waals surface area contributed by atoms with Crippen molar-refractivity contribution in [3.8, 4) is 0 Å². The summed E-state index contributed by atoms with van der Waals surface area (Å²) in [6, 6.07) is 1.74. The van der Waals surface area contributed by atoms with Gasteiger partial charge >= 0.3 is 0 Å². The Hall–Kier alpha value is -0.960. The Kier molecular flexibility index (Phi) is 4.70. The molecule has 1 heterocycles. The summed E-state index contributed by atoms with van der Waals surface area (Å²) in [4.78, 5) is 12.0. The van der Waals surface area contributed by atoms with Crippen molar-refractivity contribution in [2.75, 3.05) is 6.54 Å². The second-order valence-electron chi connectivity index (χ2n) is 4.95. The van der Waals surface area contributed by atoms with Crippen LogP contribution in [0, 0.1) is 5.92 Å². The topological polar surface area (TPSA) is 42.2 Å². The van der Waals surface area contributed by atoms with Gasteiger partial charge in [-0.3, -0.25) is 4.79 Å². The van der Waals surface area contributed by atoms with Gasteiger partial charge in [-0.15, -0.1) is 11.6 Å². The molecule has 1 fully saturated rings. The summed E-state index contributed by atoms with van der Waals surface area (Å²) in [5.74, 6) is 1.24. The maximum absolute atomic E-state index is 12.0. The van der Waals surface area contributed by atoms with E-state index in [1.807, 2.05) is 6.92 Å². The monoisotopic (exact) mass is 269 g/mol. The average molecular weight is 270 g/mol. The Morgan fingerprint density at radius 3 is 3.11 bits per heavy atom. The molecule has 2 rings (SSSR count). The number of nitrogens with one attached hydrogen (secondary N) is 1. The molecule has 1 saturated carbocycles. The predicted octanol–water partition coefficient (Wildman–Crippen LogP) is 3.37. The highest BCUT2D eigenvalue weighted by molar-refractivity contribution is 6.20. The highest BCUT2D eigenvalue weighted by Crippen LogP contribution is 2.27. The average Bonchev–Trinajstić information content (AvgIpc) is 2.84. The van der Waals surface area contributed by atoms with Crippen LogP contribution in [-0.2, 0) is 6.42 Å². The van der Waals surface area contributed by atoms with Gasteiger partial charge in [-0.1, -0.05) is 13.3 Å². The molecule has 2 unspecified atom stereocenters. The van der Waals surface area contributed by atoms with E-state index in [2.05, 4.69) is 5.32 Å². The van der Waals surface area contributed by atoms with Crippen molar-refractivity contribution >= 4 is 17.5 Å². The number of halogens is 1. The third-order valence-electron chi connectivity index (χ3n) is 3.58. The van der Waals surface area contributed by atoms with Crippen LogP contribution in [0.3, 0.4) is 0 Å². The molecule has 2 atom stereocenters. The molecule has 0 saturated heterocycles. The van der Waals surface area contributed by atoms with Gasteiger partial charge in [0.2, 0.25) is 0 Å². The Balaban J connectivity index is 1.84. The molecule has 18 heavy (non-hydrogen) atoms. The molecular weight excluding hydrogens is 250 g/mol. The maximum Gasteiger partial charge on any atom is 0.254 e. The van der Waals surface area contributed by atoms with E-state index in [1.54, 1.807) is 12.3 Å². The third kappa shape index (κ3) is 3.29. The largest absolute Gasteiger partial charge is 0.469 e. The molecule has 1 aromatic heterocycles. The number of furan rings is 1. The fourth-order valence-electron chi connectivity index (χ4n) is 2.56. The summed E-state index contributed by atoms with van der Waals surface area (Å²) in [5, 5.41) is 3.27. The SMILES string of the molecule is CCc1occc1C(=O)NCC1CCCC(Cl)C1. The fraction of sp³-hybridized carbons (Fsp3) is 0.643. The molecule has 0 radical (unpaired) electrons. The van der Waals surface area contributed by atoms with Gasteiger partial charge in [0.25, 0.3) is 5.91 Å². The Bertz CT molecular complexity index is 402. The fourth-order valence-corrected chi connectivity index (χ4v) is 2.97. The smallest absolute Gasteiger partial charge is 0.254 e. The second kappa shape index (κ2) is 6.28. The van der Waals surface area contributed by atoms with E-state index >= 15 is 0 Å². The van der Waals surface area contributed by atoms with Crippen LogP contribution in [0.1, 0.15) is 48.7 Å². The van der Waals surface area contributed by atoms with E-state index in [0.717, 1.165) is 38.0 Å². The second-order valence-corrected chi connectivity index (χ2v) is 5.57. The normalized spacial score (nSPS) is 23.9. The Morgan fingerprint density at radius 2 is 2.39 bits per heavy atom. The molecule has 3 nitrogen and oxygen atoms in total. The van der Waals surface area contributed by atoms with Gasteiger partial charge < -0.3 is 9.73 Å². The lowest BCUT2D eigenvalue weighted by atomic mass is 9.89. The highest BCUT2D eigenvalue weighted by atomic mass is 35.5. The van der Waals surface area contributed by atoms with E-state index in [0.29, 0.717) is 11.5 Å². The van der Waals surface area contributed by atoms with Crippen molar-refractivity contribution in [2.24, 2.45) is 5.92 Å². The van der Waals surface area contributed by atoms with Crippen LogP contribution in [0.5, 0.6) is 0 Å². The molecule has 4 heteroatoms. The number of hydrogen-bond donors (Lipinski definition) is 1. The van der Waals surface area contributed by atoms with Crippen LogP contribution in [-0.4, -0.2) is 17.8 Å². The lowest BCUT2D eigenvalue weighted by Crippen LogP contribution is -2.32. The van der Waals surface area contributed by atoms with Gasteiger partial charge in [0.05, 0.1) is 11.8 Å². The van der Waals surface area contributed by atoms with Crippen LogP contribution in [0.25, 0.3) is 0 Å². The molecule has 1 N–H and O–H groups in total. The molecule has 0 aromatic carbocycles. The first-order chi connectivity index (χ1) is 8.70. The minimum atomic E-state index is -0.0303. The number of carbonyl (C=O) groups excluding carboxylic acids is 1. The van der Waals surface area contributed by atoms with Crippen molar-refractivity contribution in [3.63, 3.8) is 0 Å². The quantitative estimate of drug-likeness (QED) is 0.852. The zero-order valence-corrected chi connectivity index (χ0v) is 11.5. The van der Waals surface area contributed by atoms with Crippen molar-refractivity contribution in [2.45, 2.75) is 44.4 Å². The molecular formula is C14H20ClNO2. The molecule has 100 valence electrons. The van der Waals surface area contributed by atoms with Crippen LogP contribution in [0.2, 0.25) is 0 Å². The minimum Gasteiger partial charge on any atom is -0.469 e. The van der Waals surface area contributed by atoms with Crippen molar-refractivity contribution in [1.82, 2.24) is 5.32 Å². The van der Waals surface area contributed by atoms with E-state index in [-0.39, 0.29) is 11.3 Å². The van der Waals surface area contributed by atoms with Crippen molar-refractivity contribution < 1.29 is 9.21 Å². The van der Waals surface area contributed by atoms with Crippen LogP contribution in [0.15, 0.2) is 16.7 Å². The maximum atomic E-state index is 12.0. The van der Waals surface area contributed by atoms with Gasteiger partial charge in [-0.25, -0.2) is 0 Å². The highest BCUT2D eigenvalue weighted by Gasteiger charge is 2.21. The Labute approximate surface area is 113 Å². The van der Waals surface area contributed by atoms with Crippen LogP contribution < -0.4 is 5.32 Å². The Morgan fingerprint density at radius 1 is 1.56 bits per heavy atom. The van der Waals surface area contributed by atoms with Gasteiger partial charge in [-0.2, -0.15) is 0 Å². The molecule has 1 aliphatic rings. The first-order valence-corrected chi connectivity index (χ1v) is 7.13. The molecule has 0 spiro atoms. The number of amides is 1. The van der Waals surface area contributed by atoms with E-state index in [1.165, 1.54) is 6.42 Å². The van der Waals surface area contributed by atoms with Gasteiger partial charge in [0.15, 0.2) is 0 Å². The summed E-state index contributed by atoms with van der Waals surface area (Å²) >= 11 is 6.15. The lowest BCUT2D eigenvalue weighted by Gasteiger charge is -2.25. The van der Waals surface area contributed by atoms with Gasteiger partial charge in [0, 0.05) is 18.3 Å².